The van der Waals surface area contributed by atoms with Gasteiger partial charge in [0.1, 0.15) is 11.6 Å². The molecule has 0 fully saturated rings. The molecule has 1 aromatic heterocycles. The minimum absolute atomic E-state index is 0.492. The fraction of sp³-hybridized carbons (Fsp3) is 0.438. The van der Waals surface area contributed by atoms with Gasteiger partial charge in [-0.3, -0.25) is 0 Å². The van der Waals surface area contributed by atoms with E-state index in [1.807, 2.05) is 37.4 Å². The van der Waals surface area contributed by atoms with Gasteiger partial charge in [-0.15, -0.1) is 0 Å². The van der Waals surface area contributed by atoms with Crippen molar-refractivity contribution in [3.05, 3.63) is 48.0 Å². The van der Waals surface area contributed by atoms with Crippen LogP contribution in [0.3, 0.4) is 0 Å². The Morgan fingerprint density at radius 2 is 2.00 bits per heavy atom. The second-order valence-electron chi connectivity index (χ2n) is 5.22. The van der Waals surface area contributed by atoms with Crippen molar-refractivity contribution in [3.8, 4) is 5.75 Å². The molecule has 0 spiro atoms. The number of nitrogens with zero attached hydrogens (tertiary/aromatic N) is 2. The Morgan fingerprint density at radius 3 is 2.60 bits per heavy atom. The number of hydrogen-bond donors (Lipinski definition) is 1. The van der Waals surface area contributed by atoms with E-state index in [4.69, 9.17) is 4.74 Å². The van der Waals surface area contributed by atoms with E-state index >= 15 is 0 Å². The van der Waals surface area contributed by atoms with Crippen LogP contribution in [-0.4, -0.2) is 21.8 Å². The topological polar surface area (TPSA) is 47.3 Å². The molecule has 1 heterocycles. The lowest BCUT2D eigenvalue weighted by molar-refractivity contribution is 0.0545. The van der Waals surface area contributed by atoms with Gasteiger partial charge in [0.15, 0.2) is 0 Å². The number of methoxy groups -OCH3 is 1. The Morgan fingerprint density at radius 1 is 1.30 bits per heavy atom. The number of benzene rings is 1. The molecular weight excluding hydrogens is 252 g/mol. The van der Waals surface area contributed by atoms with Gasteiger partial charge in [-0.05, 0) is 31.0 Å². The average molecular weight is 274 g/mol. The first-order valence-electron chi connectivity index (χ1n) is 6.93. The highest BCUT2D eigenvalue weighted by Crippen LogP contribution is 2.26. The van der Waals surface area contributed by atoms with Crippen LogP contribution in [-0.2, 0) is 18.6 Å². The predicted molar refractivity (Wildman–Crippen MR) is 78.8 cm³/mol. The number of imidazole rings is 1. The Labute approximate surface area is 120 Å². The molecule has 2 rings (SSSR count). The second-order valence-corrected chi connectivity index (χ2v) is 5.22. The van der Waals surface area contributed by atoms with E-state index in [2.05, 4.69) is 16.5 Å². The van der Waals surface area contributed by atoms with Crippen molar-refractivity contribution in [1.29, 1.82) is 0 Å². The summed E-state index contributed by atoms with van der Waals surface area (Å²) in [6, 6.07) is 7.52. The van der Waals surface area contributed by atoms with Crippen molar-refractivity contribution in [2.24, 2.45) is 0 Å². The molecule has 0 aliphatic carbocycles. The van der Waals surface area contributed by atoms with Crippen LogP contribution in [0.25, 0.3) is 0 Å². The molecule has 1 atom stereocenters. The van der Waals surface area contributed by atoms with E-state index in [1.54, 1.807) is 13.3 Å². The van der Waals surface area contributed by atoms with Gasteiger partial charge in [0.2, 0.25) is 0 Å². The quantitative estimate of drug-likeness (QED) is 0.881. The van der Waals surface area contributed by atoms with Crippen LogP contribution in [0.4, 0.5) is 0 Å². The van der Waals surface area contributed by atoms with Crippen molar-refractivity contribution in [2.45, 2.75) is 38.8 Å². The number of aromatic nitrogens is 2. The standard InChI is InChI=1S/C16H22N2O2/c1-4-10-18-11-9-17-15(18)12-16(2,19)13-5-7-14(20-3)8-6-13/h5-9,11,19H,4,10,12H2,1-3H3. The second kappa shape index (κ2) is 6.09. The molecule has 1 unspecified atom stereocenters. The fourth-order valence-corrected chi connectivity index (χ4v) is 2.31. The zero-order chi connectivity index (χ0) is 14.6. The van der Waals surface area contributed by atoms with Crippen LogP contribution >= 0.6 is 0 Å². The molecule has 108 valence electrons. The monoisotopic (exact) mass is 274 g/mol. The van der Waals surface area contributed by atoms with E-state index in [9.17, 15) is 5.11 Å². The third-order valence-electron chi connectivity index (χ3n) is 3.48. The third-order valence-corrected chi connectivity index (χ3v) is 3.48. The highest BCUT2D eigenvalue weighted by Gasteiger charge is 2.25. The maximum Gasteiger partial charge on any atom is 0.118 e. The van der Waals surface area contributed by atoms with Crippen LogP contribution in [0.15, 0.2) is 36.7 Å². The minimum Gasteiger partial charge on any atom is -0.497 e. The molecule has 2 aromatic rings. The van der Waals surface area contributed by atoms with E-state index in [1.165, 1.54) is 0 Å². The lowest BCUT2D eigenvalue weighted by Crippen LogP contribution is -2.26. The SMILES string of the molecule is CCCn1ccnc1CC(C)(O)c1ccc(OC)cc1. The smallest absolute Gasteiger partial charge is 0.118 e. The highest BCUT2D eigenvalue weighted by molar-refractivity contribution is 5.31. The lowest BCUT2D eigenvalue weighted by Gasteiger charge is -2.24. The first kappa shape index (κ1) is 14.6. The molecule has 4 heteroatoms. The Hall–Kier alpha value is -1.81. The number of aryl methyl sites for hydroxylation is 1. The van der Waals surface area contributed by atoms with Crippen molar-refractivity contribution >= 4 is 0 Å². The first-order chi connectivity index (χ1) is 9.56. The van der Waals surface area contributed by atoms with Crippen LogP contribution in [0.2, 0.25) is 0 Å². The fourth-order valence-electron chi connectivity index (χ4n) is 2.31. The van der Waals surface area contributed by atoms with Gasteiger partial charge in [0.25, 0.3) is 0 Å². The molecule has 0 aliphatic rings. The van der Waals surface area contributed by atoms with Gasteiger partial charge in [-0.25, -0.2) is 4.98 Å². The number of aliphatic hydroxyl groups is 1. The van der Waals surface area contributed by atoms with E-state index in [0.717, 1.165) is 30.1 Å². The summed E-state index contributed by atoms with van der Waals surface area (Å²) in [6.07, 6.45) is 5.29. The van der Waals surface area contributed by atoms with Gasteiger partial charge in [-0.2, -0.15) is 0 Å². The number of hydrogen-bond acceptors (Lipinski definition) is 3. The molecule has 4 nitrogen and oxygen atoms in total. The number of ether oxygens (including phenoxy) is 1. The zero-order valence-electron chi connectivity index (χ0n) is 12.3. The molecule has 1 aromatic carbocycles. The summed E-state index contributed by atoms with van der Waals surface area (Å²) in [7, 11) is 1.63. The van der Waals surface area contributed by atoms with Gasteiger partial charge >= 0.3 is 0 Å². The predicted octanol–water partition coefficient (Wildman–Crippen LogP) is 2.75. The Bertz CT molecular complexity index is 544. The number of rotatable bonds is 6. The zero-order valence-corrected chi connectivity index (χ0v) is 12.3. The summed E-state index contributed by atoms with van der Waals surface area (Å²) in [5.41, 5.74) is -0.0762. The summed E-state index contributed by atoms with van der Waals surface area (Å²) < 4.78 is 7.24. The van der Waals surface area contributed by atoms with Gasteiger partial charge in [-0.1, -0.05) is 19.1 Å². The van der Waals surface area contributed by atoms with Crippen molar-refractivity contribution in [2.75, 3.05) is 7.11 Å². The normalized spacial score (nSPS) is 14.0. The summed E-state index contributed by atoms with van der Waals surface area (Å²) in [4.78, 5) is 4.36. The van der Waals surface area contributed by atoms with Crippen LogP contribution in [0.5, 0.6) is 5.75 Å². The van der Waals surface area contributed by atoms with Crippen LogP contribution < -0.4 is 4.74 Å². The average Bonchev–Trinajstić information content (AvgIpc) is 2.86. The van der Waals surface area contributed by atoms with Crippen LogP contribution in [0.1, 0.15) is 31.7 Å². The highest BCUT2D eigenvalue weighted by atomic mass is 16.5. The van der Waals surface area contributed by atoms with Gasteiger partial charge in [0, 0.05) is 25.4 Å². The minimum atomic E-state index is -0.941. The Balaban J connectivity index is 2.18. The molecule has 0 bridgehead atoms. The summed E-state index contributed by atoms with van der Waals surface area (Å²) in [5, 5.41) is 10.7. The van der Waals surface area contributed by atoms with E-state index in [-0.39, 0.29) is 0 Å². The van der Waals surface area contributed by atoms with Gasteiger partial charge in [0.05, 0.1) is 12.7 Å². The molecule has 0 saturated carbocycles. The van der Waals surface area contributed by atoms with Crippen LogP contribution in [0, 0.1) is 0 Å². The van der Waals surface area contributed by atoms with E-state index < -0.39 is 5.60 Å². The largest absolute Gasteiger partial charge is 0.497 e. The molecule has 0 saturated heterocycles. The maximum absolute atomic E-state index is 10.7. The first-order valence-corrected chi connectivity index (χ1v) is 6.93. The summed E-state index contributed by atoms with van der Waals surface area (Å²) in [5.74, 6) is 1.70. The molecule has 0 aliphatic heterocycles. The van der Waals surface area contributed by atoms with Gasteiger partial charge < -0.3 is 14.4 Å². The molecule has 1 N–H and O–H groups in total. The molecular formula is C16H22N2O2. The molecule has 20 heavy (non-hydrogen) atoms. The van der Waals surface area contributed by atoms with Crippen molar-refractivity contribution < 1.29 is 9.84 Å². The summed E-state index contributed by atoms with van der Waals surface area (Å²) >= 11 is 0. The lowest BCUT2D eigenvalue weighted by atomic mass is 9.92. The Kier molecular flexibility index (Phi) is 4.45. The van der Waals surface area contributed by atoms with Crippen molar-refractivity contribution in [1.82, 2.24) is 9.55 Å². The van der Waals surface area contributed by atoms with Crippen molar-refractivity contribution in [3.63, 3.8) is 0 Å². The molecule has 0 radical (unpaired) electrons. The summed E-state index contributed by atoms with van der Waals surface area (Å²) in [6.45, 7) is 4.87. The maximum atomic E-state index is 10.7. The third kappa shape index (κ3) is 3.20. The molecule has 0 amide bonds. The van der Waals surface area contributed by atoms with E-state index in [0.29, 0.717) is 6.42 Å².